The van der Waals surface area contributed by atoms with Crippen LogP contribution in [0.1, 0.15) is 12.6 Å². The van der Waals surface area contributed by atoms with E-state index < -0.39 is 0 Å². The highest BCUT2D eigenvalue weighted by Crippen LogP contribution is 2.15. The Hall–Kier alpha value is -1.84. The summed E-state index contributed by atoms with van der Waals surface area (Å²) in [6.45, 7) is 1.75. The van der Waals surface area contributed by atoms with Crippen molar-refractivity contribution in [2.24, 2.45) is 12.2 Å². The van der Waals surface area contributed by atoms with Crippen molar-refractivity contribution >= 4 is 17.8 Å². The van der Waals surface area contributed by atoms with Crippen LogP contribution in [0, 0.1) is 0 Å². The lowest BCUT2D eigenvalue weighted by molar-refractivity contribution is -0.136. The van der Waals surface area contributed by atoms with Crippen molar-refractivity contribution in [3.8, 4) is 0 Å². The number of aromatic nitrogens is 1. The molecule has 0 radical (unpaired) electrons. The molecular formula is C10H10N2O2. The van der Waals surface area contributed by atoms with Crippen LogP contribution in [0.5, 0.6) is 0 Å². The second-order valence-corrected chi connectivity index (χ2v) is 3.16. The summed E-state index contributed by atoms with van der Waals surface area (Å²) >= 11 is 0. The normalized spacial score (nSPS) is 18.6. The van der Waals surface area contributed by atoms with E-state index >= 15 is 0 Å². The number of rotatable bonds is 1. The molecule has 1 aromatic rings. The zero-order chi connectivity index (χ0) is 10.1. The molecule has 0 saturated heterocycles. The maximum atomic E-state index is 11.2. The molecule has 0 bridgehead atoms. The Balaban J connectivity index is 2.40. The molecule has 0 unspecified atom stereocenters. The molecule has 4 nitrogen and oxygen atoms in total. The average Bonchev–Trinajstić information content (AvgIpc) is 2.67. The lowest BCUT2D eigenvalue weighted by Crippen LogP contribution is -2.02. The van der Waals surface area contributed by atoms with E-state index in [1.165, 1.54) is 0 Å². The number of carbonyl (C=O) groups is 1. The molecule has 0 N–H and O–H groups in total. The Kier molecular flexibility index (Phi) is 1.96. The standard InChI is InChI=1S/C10H10N2O2/c1-7-9(10(13)14-11-7)6-8-4-3-5-12(8)2/h3-6H,1-2H3/b9-6-. The first-order valence-electron chi connectivity index (χ1n) is 4.28. The summed E-state index contributed by atoms with van der Waals surface area (Å²) in [4.78, 5) is 15.7. The highest BCUT2D eigenvalue weighted by molar-refractivity contribution is 6.24. The summed E-state index contributed by atoms with van der Waals surface area (Å²) in [6, 6.07) is 3.84. The quantitative estimate of drug-likeness (QED) is 0.495. The van der Waals surface area contributed by atoms with E-state index in [1.807, 2.05) is 29.9 Å². The Bertz CT molecular complexity index is 441. The molecule has 1 aliphatic heterocycles. The number of hydrogen-bond donors (Lipinski definition) is 0. The zero-order valence-electron chi connectivity index (χ0n) is 8.02. The topological polar surface area (TPSA) is 43.6 Å². The Morgan fingerprint density at radius 3 is 2.86 bits per heavy atom. The van der Waals surface area contributed by atoms with Gasteiger partial charge >= 0.3 is 5.97 Å². The number of hydrogen-bond acceptors (Lipinski definition) is 3. The Labute approximate surface area is 81.5 Å². The van der Waals surface area contributed by atoms with Crippen LogP contribution < -0.4 is 0 Å². The first-order chi connectivity index (χ1) is 6.68. The van der Waals surface area contributed by atoms with Gasteiger partial charge in [-0.25, -0.2) is 4.79 Å². The van der Waals surface area contributed by atoms with Gasteiger partial charge in [0.05, 0.1) is 11.3 Å². The first-order valence-corrected chi connectivity index (χ1v) is 4.28. The van der Waals surface area contributed by atoms with Gasteiger partial charge in [0.2, 0.25) is 0 Å². The predicted octanol–water partition coefficient (Wildman–Crippen LogP) is 1.34. The van der Waals surface area contributed by atoms with Crippen molar-refractivity contribution in [1.82, 2.24) is 4.57 Å². The molecule has 72 valence electrons. The Morgan fingerprint density at radius 1 is 1.57 bits per heavy atom. The van der Waals surface area contributed by atoms with Crippen LogP contribution in [0.2, 0.25) is 0 Å². The van der Waals surface area contributed by atoms with Gasteiger partial charge in [0.25, 0.3) is 0 Å². The third-order valence-corrected chi connectivity index (χ3v) is 2.15. The minimum absolute atomic E-state index is 0.385. The van der Waals surface area contributed by atoms with Gasteiger partial charge in [0, 0.05) is 18.9 Å². The summed E-state index contributed by atoms with van der Waals surface area (Å²) in [5.74, 6) is -0.385. The molecule has 1 aromatic heterocycles. The van der Waals surface area contributed by atoms with E-state index in [4.69, 9.17) is 0 Å². The SMILES string of the molecule is CC1=NOC(=O)/C1=C\c1cccn1C. The minimum atomic E-state index is -0.385. The van der Waals surface area contributed by atoms with E-state index in [9.17, 15) is 4.79 Å². The molecule has 2 rings (SSSR count). The molecule has 0 spiro atoms. The third-order valence-electron chi connectivity index (χ3n) is 2.15. The maximum Gasteiger partial charge on any atom is 0.367 e. The van der Waals surface area contributed by atoms with Gasteiger partial charge in [-0.1, -0.05) is 5.16 Å². The van der Waals surface area contributed by atoms with Gasteiger partial charge in [0.1, 0.15) is 0 Å². The molecule has 0 aliphatic carbocycles. The molecule has 1 aliphatic rings. The maximum absolute atomic E-state index is 11.2. The van der Waals surface area contributed by atoms with Gasteiger partial charge in [-0.2, -0.15) is 0 Å². The fourth-order valence-corrected chi connectivity index (χ4v) is 1.29. The number of oxime groups is 1. The van der Waals surface area contributed by atoms with Gasteiger partial charge in [-0.15, -0.1) is 0 Å². The van der Waals surface area contributed by atoms with Crippen LogP contribution in [-0.4, -0.2) is 16.2 Å². The molecular weight excluding hydrogens is 180 g/mol. The molecule has 2 heterocycles. The van der Waals surface area contributed by atoms with Crippen molar-refractivity contribution in [2.75, 3.05) is 0 Å². The highest BCUT2D eigenvalue weighted by Gasteiger charge is 2.21. The molecule has 0 aromatic carbocycles. The lowest BCUT2D eigenvalue weighted by atomic mass is 10.1. The number of nitrogens with zero attached hydrogens (tertiary/aromatic N) is 2. The van der Waals surface area contributed by atoms with E-state index in [0.29, 0.717) is 11.3 Å². The smallest absolute Gasteiger partial charge is 0.351 e. The van der Waals surface area contributed by atoms with Crippen LogP contribution in [0.4, 0.5) is 0 Å². The molecule has 14 heavy (non-hydrogen) atoms. The molecule has 4 heteroatoms. The summed E-state index contributed by atoms with van der Waals surface area (Å²) in [6.07, 6.45) is 3.69. The van der Waals surface area contributed by atoms with E-state index in [1.54, 1.807) is 13.0 Å². The molecule has 0 atom stereocenters. The van der Waals surface area contributed by atoms with Crippen molar-refractivity contribution in [3.05, 3.63) is 29.6 Å². The second kappa shape index (κ2) is 3.14. The molecule has 0 saturated carbocycles. The zero-order valence-corrected chi connectivity index (χ0v) is 8.02. The fraction of sp³-hybridized carbons (Fsp3) is 0.200. The van der Waals surface area contributed by atoms with E-state index in [2.05, 4.69) is 9.99 Å². The monoisotopic (exact) mass is 190 g/mol. The van der Waals surface area contributed by atoms with E-state index in [-0.39, 0.29) is 5.97 Å². The van der Waals surface area contributed by atoms with Crippen LogP contribution in [0.3, 0.4) is 0 Å². The number of carbonyl (C=O) groups excluding carboxylic acids is 1. The summed E-state index contributed by atoms with van der Waals surface area (Å²) in [5, 5.41) is 3.60. The molecule has 0 fully saturated rings. The second-order valence-electron chi connectivity index (χ2n) is 3.16. The first kappa shape index (κ1) is 8.74. The molecule has 0 amide bonds. The third kappa shape index (κ3) is 1.35. The Morgan fingerprint density at radius 2 is 2.36 bits per heavy atom. The van der Waals surface area contributed by atoms with Gasteiger partial charge in [-0.05, 0) is 25.1 Å². The van der Waals surface area contributed by atoms with Crippen LogP contribution in [0.15, 0.2) is 29.1 Å². The summed E-state index contributed by atoms with van der Waals surface area (Å²) < 4.78 is 1.92. The van der Waals surface area contributed by atoms with Gasteiger partial charge in [-0.3, -0.25) is 0 Å². The summed E-state index contributed by atoms with van der Waals surface area (Å²) in [5.41, 5.74) is 2.09. The van der Waals surface area contributed by atoms with Gasteiger partial charge < -0.3 is 9.40 Å². The van der Waals surface area contributed by atoms with Crippen molar-refractivity contribution in [3.63, 3.8) is 0 Å². The fourth-order valence-electron chi connectivity index (χ4n) is 1.29. The van der Waals surface area contributed by atoms with Crippen molar-refractivity contribution in [1.29, 1.82) is 0 Å². The average molecular weight is 190 g/mol. The summed E-state index contributed by atoms with van der Waals surface area (Å²) in [7, 11) is 1.92. The van der Waals surface area contributed by atoms with Crippen molar-refractivity contribution < 1.29 is 9.63 Å². The van der Waals surface area contributed by atoms with Crippen LogP contribution in [0.25, 0.3) is 6.08 Å². The predicted molar refractivity (Wildman–Crippen MR) is 52.6 cm³/mol. The minimum Gasteiger partial charge on any atom is -0.351 e. The largest absolute Gasteiger partial charge is 0.367 e. The van der Waals surface area contributed by atoms with Crippen LogP contribution >= 0.6 is 0 Å². The highest BCUT2D eigenvalue weighted by atomic mass is 16.7. The lowest BCUT2D eigenvalue weighted by Gasteiger charge is -1.97. The van der Waals surface area contributed by atoms with Gasteiger partial charge in [0.15, 0.2) is 0 Å². The van der Waals surface area contributed by atoms with E-state index in [0.717, 1.165) is 5.69 Å². The van der Waals surface area contributed by atoms with Crippen LogP contribution in [-0.2, 0) is 16.7 Å². The number of aryl methyl sites for hydroxylation is 1. The van der Waals surface area contributed by atoms with Crippen molar-refractivity contribution in [2.45, 2.75) is 6.92 Å².